The van der Waals surface area contributed by atoms with E-state index in [-0.39, 0.29) is 63.7 Å². The van der Waals surface area contributed by atoms with E-state index in [2.05, 4.69) is 25.8 Å². The molecule has 4 rings (SSSR count). The summed E-state index contributed by atoms with van der Waals surface area (Å²) in [5, 5.41) is 28.7. The fourth-order valence-corrected chi connectivity index (χ4v) is 9.31. The number of halogens is 2. The molecule has 2 aromatic rings. The van der Waals surface area contributed by atoms with Crippen molar-refractivity contribution < 1.29 is 88.5 Å². The topological polar surface area (TPSA) is 317 Å². The third-order valence-electron chi connectivity index (χ3n) is 11.6. The van der Waals surface area contributed by atoms with Crippen LogP contribution in [-0.2, 0) is 56.0 Å². The zero-order valence-electron chi connectivity index (χ0n) is 41.3. The van der Waals surface area contributed by atoms with Gasteiger partial charge in [0.15, 0.2) is 5.70 Å². The first-order chi connectivity index (χ1) is 33.6. The summed E-state index contributed by atoms with van der Waals surface area (Å²) in [5.41, 5.74) is 3.08. The Bertz CT molecular complexity index is 2530. The molecule has 2 aliphatic heterocycles. The highest BCUT2D eigenvalue weighted by Crippen LogP contribution is 2.40. The molecule has 0 radical (unpaired) electrons. The number of aromatic hydroxyl groups is 2. The van der Waals surface area contributed by atoms with Crippen molar-refractivity contribution >= 4 is 66.3 Å². The Hall–Kier alpha value is -5.44. The highest BCUT2D eigenvalue weighted by Gasteiger charge is 2.54. The minimum Gasteiger partial charge on any atom is -0.492 e. The van der Waals surface area contributed by atoms with Crippen LogP contribution in [0.1, 0.15) is 108 Å². The Morgan fingerprint density at radius 3 is 1.99 bits per heavy atom. The van der Waals surface area contributed by atoms with Gasteiger partial charge >= 0.3 is 20.8 Å². The molecule has 2 unspecified atom stereocenters. The molecular formula is C44H69BF2N8O15PS+. The number of unbranched alkanes of at least 4 members (excludes halogenated alkanes) is 2. The second-order valence-corrected chi connectivity index (χ2v) is 21.5. The summed E-state index contributed by atoms with van der Waals surface area (Å²) in [6, 6.07) is 0.729. The van der Waals surface area contributed by atoms with Crippen molar-refractivity contribution in [3.8, 4) is 11.8 Å². The summed E-state index contributed by atoms with van der Waals surface area (Å²) in [5.74, 6) is -6.49. The molecule has 9 N–H and O–H groups in total. The van der Waals surface area contributed by atoms with Gasteiger partial charge in [0.25, 0.3) is 10.1 Å². The number of aryl methyl sites for hydroxylation is 2. The molecule has 0 aliphatic carbocycles. The smallest absolute Gasteiger partial charge is 0.492 e. The molecule has 2 aromatic heterocycles. The number of nitrogens with one attached hydrogen (secondary N) is 4. The maximum Gasteiger partial charge on any atom is 0.737 e. The number of rotatable bonds is 31. The van der Waals surface area contributed by atoms with E-state index in [4.69, 9.17) is 14.6 Å². The third-order valence-corrected chi connectivity index (χ3v) is 12.8. The molecule has 2 aliphatic rings. The highest BCUT2D eigenvalue weighted by atomic mass is 32.2. The maximum absolute atomic E-state index is 17.0. The SMILES string of the molecule is CCCC1=CC(CCC(=O)NC(CS(=O)(=O)O)C(=O)NCCCCC(=O)NC(COP(=O)(O)O)C(=O)NCCCCC(=O)On2c(O)ccc2O)=[N+]2C1=Cc1c(CCC)cc(CCC[N+](C)(C)C)n1[B-]2(F)F. The van der Waals surface area contributed by atoms with Crippen LogP contribution in [-0.4, -0.2) is 159 Å². The predicted octanol–water partition coefficient (Wildman–Crippen LogP) is 2.04. The number of allylic oxidation sites excluding steroid dienone is 2. The molecular weight excluding hydrogens is 992 g/mol. The molecule has 4 amide bonds. The van der Waals surface area contributed by atoms with Gasteiger partial charge in [0, 0.05) is 80.7 Å². The number of aromatic nitrogens is 2. The van der Waals surface area contributed by atoms with Crippen molar-refractivity contribution in [2.24, 2.45) is 0 Å². The summed E-state index contributed by atoms with van der Waals surface area (Å²) in [6.45, 7) is -0.819. The molecule has 0 saturated carbocycles. The molecule has 23 nitrogen and oxygen atoms in total. The van der Waals surface area contributed by atoms with E-state index >= 15 is 8.63 Å². The summed E-state index contributed by atoms with van der Waals surface area (Å²) >= 11 is 0. The molecule has 0 aromatic carbocycles. The van der Waals surface area contributed by atoms with E-state index in [9.17, 15) is 51.7 Å². The first-order valence-corrected chi connectivity index (χ1v) is 27.0. The summed E-state index contributed by atoms with van der Waals surface area (Å²) < 4.78 is 86.7. The van der Waals surface area contributed by atoms with Crippen LogP contribution in [0.5, 0.6) is 11.8 Å². The van der Waals surface area contributed by atoms with E-state index in [1.54, 1.807) is 12.2 Å². The zero-order chi connectivity index (χ0) is 53.6. The average Bonchev–Trinajstić information content (AvgIpc) is 3.92. The number of amides is 4. The molecule has 0 spiro atoms. The summed E-state index contributed by atoms with van der Waals surface area (Å²) in [6.07, 6.45) is 6.64. The number of phosphoric acid groups is 1. The third kappa shape index (κ3) is 17.9. The van der Waals surface area contributed by atoms with Crippen LogP contribution in [0.2, 0.25) is 0 Å². The number of fused-ring (bicyclic) bond motifs is 2. The molecule has 402 valence electrons. The second kappa shape index (κ2) is 26.0. The van der Waals surface area contributed by atoms with Crippen molar-refractivity contribution in [3.63, 3.8) is 0 Å². The van der Waals surface area contributed by atoms with Gasteiger partial charge < -0.3 is 68.2 Å². The van der Waals surface area contributed by atoms with Gasteiger partial charge in [-0.05, 0) is 62.3 Å². The number of quaternary nitrogens is 1. The van der Waals surface area contributed by atoms with E-state index in [0.29, 0.717) is 64.0 Å². The maximum atomic E-state index is 17.0. The van der Waals surface area contributed by atoms with Gasteiger partial charge in [-0.25, -0.2) is 9.36 Å². The van der Waals surface area contributed by atoms with E-state index in [1.165, 1.54) is 0 Å². The van der Waals surface area contributed by atoms with Gasteiger partial charge in [0.2, 0.25) is 35.4 Å². The zero-order valence-corrected chi connectivity index (χ0v) is 43.0. The second-order valence-electron chi connectivity index (χ2n) is 18.8. The van der Waals surface area contributed by atoms with Crippen LogP contribution in [0.3, 0.4) is 0 Å². The van der Waals surface area contributed by atoms with Gasteiger partial charge in [-0.3, -0.25) is 28.3 Å². The quantitative estimate of drug-likeness (QED) is 0.0172. The first kappa shape index (κ1) is 59.1. The Kier molecular flexibility index (Phi) is 21.3. The van der Waals surface area contributed by atoms with Crippen LogP contribution in [0.25, 0.3) is 6.08 Å². The highest BCUT2D eigenvalue weighted by molar-refractivity contribution is 7.85. The molecule has 0 saturated heterocycles. The normalized spacial score (nSPS) is 15.2. The molecule has 28 heteroatoms. The van der Waals surface area contributed by atoms with Crippen LogP contribution in [0, 0.1) is 0 Å². The number of hydrogen-bond donors (Lipinski definition) is 9. The van der Waals surface area contributed by atoms with Gasteiger partial charge in [0.05, 0.1) is 34.3 Å². The van der Waals surface area contributed by atoms with Gasteiger partial charge in [-0.1, -0.05) is 26.7 Å². The number of nitrogens with zero attached hydrogens (tertiary/aromatic N) is 4. The lowest BCUT2D eigenvalue weighted by molar-refractivity contribution is -0.870. The molecule has 0 bridgehead atoms. The Balaban J connectivity index is 1.31. The van der Waals surface area contributed by atoms with Crippen molar-refractivity contribution in [1.82, 2.24) is 30.5 Å². The first-order valence-electron chi connectivity index (χ1n) is 23.9. The lowest BCUT2D eigenvalue weighted by Gasteiger charge is -2.32. The van der Waals surface area contributed by atoms with Gasteiger partial charge in [-0.15, -0.1) is 4.73 Å². The fraction of sp³-hybridized carbons (Fsp3) is 0.591. The number of carbonyl (C=O) groups excluding carboxylic acids is 5. The summed E-state index contributed by atoms with van der Waals surface area (Å²) in [4.78, 5) is 87.3. The van der Waals surface area contributed by atoms with Crippen molar-refractivity contribution in [2.75, 3.05) is 53.1 Å². The van der Waals surface area contributed by atoms with E-state index < -0.39 is 97.1 Å². The minimum atomic E-state index is -5.07. The minimum absolute atomic E-state index is 0.0471. The standard InChI is InChI=1S/C44H68BF2N8O15PS/c1-6-13-30-25-32(15-12-24-55(3,4)5)52-36(30)27-37-31(14-7-2)26-33(53(37)45(52,46)47)18-19-39(57)51-35(29-72(66,67)68)44(62)49-22-10-8-16-38(56)50-34(28-69-71(63,64)65)43(61)48-23-11-9-17-42(60)70-54-40(58)20-21-41(54)59/h20-21,25-27,34-35H,6-19,22-24,28-29H2,1-5H3,(H8-,48,49,50,51,56,57,58,59,61,62,63,64,65,66,67,68)/p+1. The van der Waals surface area contributed by atoms with Crippen molar-refractivity contribution in [3.05, 3.63) is 52.5 Å². The summed E-state index contributed by atoms with van der Waals surface area (Å²) in [7, 11) is -3.78. The Morgan fingerprint density at radius 2 is 1.40 bits per heavy atom. The van der Waals surface area contributed by atoms with Crippen molar-refractivity contribution in [1.29, 1.82) is 0 Å². The molecule has 4 heterocycles. The lowest BCUT2D eigenvalue weighted by Crippen LogP contribution is -2.52. The number of hydrogen-bond acceptors (Lipinski definition) is 12. The van der Waals surface area contributed by atoms with Crippen molar-refractivity contribution in [2.45, 2.75) is 116 Å². The van der Waals surface area contributed by atoms with Crippen LogP contribution < -0.4 is 26.1 Å². The average molecular weight is 1060 g/mol. The molecule has 2 atom stereocenters. The molecule has 0 fully saturated rings. The Morgan fingerprint density at radius 1 is 0.819 bits per heavy atom. The van der Waals surface area contributed by atoms with Crippen LogP contribution in [0.15, 0.2) is 35.5 Å². The largest absolute Gasteiger partial charge is 0.737 e. The van der Waals surface area contributed by atoms with E-state index in [1.807, 2.05) is 41.1 Å². The van der Waals surface area contributed by atoms with Crippen LogP contribution >= 0.6 is 7.82 Å². The fourth-order valence-electron chi connectivity index (χ4n) is 8.31. The molecule has 72 heavy (non-hydrogen) atoms. The predicted molar refractivity (Wildman–Crippen MR) is 260 cm³/mol. The van der Waals surface area contributed by atoms with Crippen LogP contribution in [0.4, 0.5) is 8.63 Å². The Labute approximate surface area is 417 Å². The number of carbonyl (C=O) groups is 5. The number of phosphoric ester groups is 1. The lowest BCUT2D eigenvalue weighted by atomic mass is 9.88. The monoisotopic (exact) mass is 1060 g/mol. The van der Waals surface area contributed by atoms with Gasteiger partial charge in [0.1, 0.15) is 23.5 Å². The van der Waals surface area contributed by atoms with Gasteiger partial charge in [-0.2, -0.15) is 8.42 Å². The van der Waals surface area contributed by atoms with E-state index in [0.717, 1.165) is 39.6 Å².